The van der Waals surface area contributed by atoms with Crippen LogP contribution < -0.4 is 5.32 Å². The number of hydrogen-bond acceptors (Lipinski definition) is 4. The van der Waals surface area contributed by atoms with Crippen molar-refractivity contribution in [1.82, 2.24) is 5.32 Å². The lowest BCUT2D eigenvalue weighted by Crippen LogP contribution is -2.24. The fourth-order valence-corrected chi connectivity index (χ4v) is 3.84. The van der Waals surface area contributed by atoms with Gasteiger partial charge < -0.3 is 5.32 Å². The van der Waals surface area contributed by atoms with Crippen molar-refractivity contribution in [3.8, 4) is 0 Å². The molecule has 0 radical (unpaired) electrons. The Bertz CT molecular complexity index is 616. The van der Waals surface area contributed by atoms with E-state index in [1.807, 2.05) is 23.6 Å². The van der Waals surface area contributed by atoms with E-state index < -0.39 is 9.84 Å². The van der Waals surface area contributed by atoms with Crippen molar-refractivity contribution >= 4 is 31.3 Å². The number of thiophene rings is 1. The molecule has 1 unspecified atom stereocenters. The maximum absolute atomic E-state index is 11.4. The van der Waals surface area contributed by atoms with Crippen molar-refractivity contribution in [2.24, 2.45) is 0 Å². The Morgan fingerprint density at radius 3 is 2.76 bits per heavy atom. The van der Waals surface area contributed by atoms with Crippen molar-refractivity contribution in [3.05, 3.63) is 35.2 Å². The molecule has 92 valence electrons. The number of sulfone groups is 1. The van der Waals surface area contributed by atoms with E-state index >= 15 is 0 Å². The highest BCUT2D eigenvalue weighted by Crippen LogP contribution is 2.29. The van der Waals surface area contributed by atoms with Crippen LogP contribution in [0.2, 0.25) is 0 Å². The third-order valence-corrected chi connectivity index (χ3v) is 4.62. The fraction of sp³-hybridized carbons (Fsp3) is 0.333. The highest BCUT2D eigenvalue weighted by molar-refractivity contribution is 7.90. The predicted molar refractivity (Wildman–Crippen MR) is 73.3 cm³/mol. The van der Waals surface area contributed by atoms with Gasteiger partial charge in [-0.25, -0.2) is 8.42 Å². The third kappa shape index (κ3) is 2.86. The third-order valence-electron chi connectivity index (χ3n) is 2.70. The van der Waals surface area contributed by atoms with Crippen molar-refractivity contribution in [1.29, 1.82) is 0 Å². The highest BCUT2D eigenvalue weighted by Gasteiger charge is 2.18. The number of benzene rings is 1. The lowest BCUT2D eigenvalue weighted by atomic mass is 10.1. The van der Waals surface area contributed by atoms with Crippen LogP contribution >= 0.6 is 11.3 Å². The molecule has 0 bridgehead atoms. The largest absolute Gasteiger partial charge is 0.312 e. The number of nitrogens with one attached hydrogen (secondary N) is 1. The molecule has 1 aromatic carbocycles. The van der Waals surface area contributed by atoms with Crippen molar-refractivity contribution in [2.45, 2.75) is 6.04 Å². The Balaban J connectivity index is 2.46. The quantitative estimate of drug-likeness (QED) is 0.925. The van der Waals surface area contributed by atoms with Crippen LogP contribution in [0, 0.1) is 0 Å². The van der Waals surface area contributed by atoms with Crippen LogP contribution in [0.1, 0.15) is 11.6 Å². The predicted octanol–water partition coefficient (Wildman–Crippen LogP) is 2.21. The molecule has 0 amide bonds. The maximum Gasteiger partial charge on any atom is 0.149 e. The first-order valence-corrected chi connectivity index (χ1v) is 8.26. The van der Waals surface area contributed by atoms with Gasteiger partial charge in [0.05, 0.1) is 5.75 Å². The Hall–Kier alpha value is -0.910. The summed E-state index contributed by atoms with van der Waals surface area (Å²) >= 11 is 1.65. The topological polar surface area (TPSA) is 46.2 Å². The second-order valence-electron chi connectivity index (χ2n) is 4.12. The highest BCUT2D eigenvalue weighted by atomic mass is 32.2. The van der Waals surface area contributed by atoms with Gasteiger partial charge in [0.1, 0.15) is 9.84 Å². The minimum absolute atomic E-state index is 0.126. The summed E-state index contributed by atoms with van der Waals surface area (Å²) in [6.07, 6.45) is 1.27. The molecule has 0 spiro atoms. The van der Waals surface area contributed by atoms with E-state index in [0.717, 1.165) is 10.3 Å². The molecule has 1 heterocycles. The van der Waals surface area contributed by atoms with E-state index in [0.29, 0.717) is 0 Å². The standard InChI is InChI=1S/C12H15NO2S2/c1-13-11(8-17(2,14)15)10-5-3-4-9-6-7-16-12(9)10/h3-7,11,13H,8H2,1-2H3. The van der Waals surface area contributed by atoms with E-state index in [-0.39, 0.29) is 11.8 Å². The molecule has 5 heteroatoms. The van der Waals surface area contributed by atoms with Gasteiger partial charge in [-0.15, -0.1) is 11.3 Å². The van der Waals surface area contributed by atoms with Gasteiger partial charge in [-0.2, -0.15) is 0 Å². The van der Waals surface area contributed by atoms with Gasteiger partial charge in [0.2, 0.25) is 0 Å². The molecule has 0 aliphatic carbocycles. The van der Waals surface area contributed by atoms with Gasteiger partial charge in [-0.3, -0.25) is 0 Å². The zero-order valence-electron chi connectivity index (χ0n) is 9.80. The van der Waals surface area contributed by atoms with Crippen LogP contribution in [-0.2, 0) is 9.84 Å². The van der Waals surface area contributed by atoms with Gasteiger partial charge in [-0.05, 0) is 29.4 Å². The van der Waals surface area contributed by atoms with E-state index in [9.17, 15) is 8.42 Å². The Labute approximate surface area is 105 Å². The summed E-state index contributed by atoms with van der Waals surface area (Å²) in [7, 11) is -1.20. The van der Waals surface area contributed by atoms with E-state index in [1.165, 1.54) is 11.6 Å². The Morgan fingerprint density at radius 2 is 2.12 bits per heavy atom. The minimum atomic E-state index is -2.99. The molecule has 1 N–H and O–H groups in total. The second-order valence-corrected chi connectivity index (χ2v) is 7.22. The summed E-state index contributed by atoms with van der Waals surface area (Å²) in [6, 6.07) is 7.91. The first-order chi connectivity index (χ1) is 8.01. The van der Waals surface area contributed by atoms with Gasteiger partial charge in [0.15, 0.2) is 0 Å². The average molecular weight is 269 g/mol. The smallest absolute Gasteiger partial charge is 0.149 e. The summed E-state index contributed by atoms with van der Waals surface area (Å²) in [4.78, 5) is 0. The number of hydrogen-bond donors (Lipinski definition) is 1. The summed E-state index contributed by atoms with van der Waals surface area (Å²) in [5, 5.41) is 6.28. The van der Waals surface area contributed by atoms with Crippen molar-refractivity contribution in [2.75, 3.05) is 19.1 Å². The first-order valence-electron chi connectivity index (χ1n) is 5.32. The van der Waals surface area contributed by atoms with Gasteiger partial charge >= 0.3 is 0 Å². The average Bonchev–Trinajstić information content (AvgIpc) is 2.72. The van der Waals surface area contributed by atoms with Crippen LogP contribution in [0.3, 0.4) is 0 Å². The van der Waals surface area contributed by atoms with Crippen LogP contribution in [0.25, 0.3) is 10.1 Å². The normalized spacial score (nSPS) is 14.0. The molecular weight excluding hydrogens is 254 g/mol. The van der Waals surface area contributed by atoms with E-state index in [4.69, 9.17) is 0 Å². The Morgan fingerprint density at radius 1 is 1.35 bits per heavy atom. The fourth-order valence-electron chi connectivity index (χ4n) is 1.92. The monoisotopic (exact) mass is 269 g/mol. The van der Waals surface area contributed by atoms with Crippen LogP contribution in [-0.4, -0.2) is 27.5 Å². The number of fused-ring (bicyclic) bond motifs is 1. The SMILES string of the molecule is CNC(CS(C)(=O)=O)c1cccc2ccsc12. The van der Waals surface area contributed by atoms with E-state index in [2.05, 4.69) is 11.4 Å². The maximum atomic E-state index is 11.4. The molecule has 1 atom stereocenters. The molecule has 2 aromatic rings. The summed E-state index contributed by atoms with van der Waals surface area (Å²) in [6.45, 7) is 0. The Kier molecular flexibility index (Phi) is 3.51. The molecule has 0 aliphatic heterocycles. The second kappa shape index (κ2) is 4.76. The molecule has 0 saturated carbocycles. The first kappa shape index (κ1) is 12.5. The molecule has 0 aliphatic rings. The van der Waals surface area contributed by atoms with Gasteiger partial charge in [0.25, 0.3) is 0 Å². The van der Waals surface area contributed by atoms with Gasteiger partial charge in [0, 0.05) is 17.0 Å². The van der Waals surface area contributed by atoms with Crippen molar-refractivity contribution < 1.29 is 8.42 Å². The molecule has 1 aromatic heterocycles. The van der Waals surface area contributed by atoms with Crippen LogP contribution in [0.4, 0.5) is 0 Å². The summed E-state index contributed by atoms with van der Waals surface area (Å²) in [5.74, 6) is 0.126. The van der Waals surface area contributed by atoms with Crippen LogP contribution in [0.15, 0.2) is 29.6 Å². The molecule has 3 nitrogen and oxygen atoms in total. The van der Waals surface area contributed by atoms with Crippen molar-refractivity contribution in [3.63, 3.8) is 0 Å². The van der Waals surface area contributed by atoms with Gasteiger partial charge in [-0.1, -0.05) is 18.2 Å². The molecule has 0 fully saturated rings. The lowest BCUT2D eigenvalue weighted by Gasteiger charge is -2.16. The van der Waals surface area contributed by atoms with Crippen LogP contribution in [0.5, 0.6) is 0 Å². The summed E-state index contributed by atoms with van der Waals surface area (Å²) < 4.78 is 24.0. The molecule has 17 heavy (non-hydrogen) atoms. The minimum Gasteiger partial charge on any atom is -0.312 e. The molecule has 0 saturated heterocycles. The molecule has 2 rings (SSSR count). The lowest BCUT2D eigenvalue weighted by molar-refractivity contribution is 0.580. The number of rotatable bonds is 4. The zero-order chi connectivity index (χ0) is 12.5. The zero-order valence-corrected chi connectivity index (χ0v) is 11.4. The summed E-state index contributed by atoms with van der Waals surface area (Å²) in [5.41, 5.74) is 1.06. The van der Waals surface area contributed by atoms with E-state index in [1.54, 1.807) is 18.4 Å². The molecular formula is C12H15NO2S2.